The number of benzene rings is 1. The number of carboxylic acids is 1. The van der Waals surface area contributed by atoms with Gasteiger partial charge < -0.3 is 14.6 Å². The van der Waals surface area contributed by atoms with Gasteiger partial charge in [0.25, 0.3) is 5.91 Å². The third-order valence-corrected chi connectivity index (χ3v) is 5.87. The van der Waals surface area contributed by atoms with Crippen LogP contribution in [-0.2, 0) is 4.57 Å². The van der Waals surface area contributed by atoms with E-state index in [1.54, 1.807) is 30.4 Å². The Bertz CT molecular complexity index is 593. The summed E-state index contributed by atoms with van der Waals surface area (Å²) in [5.41, 5.74) is 0.518. The van der Waals surface area contributed by atoms with Crippen molar-refractivity contribution < 1.29 is 19.3 Å². The van der Waals surface area contributed by atoms with Crippen molar-refractivity contribution in [1.29, 1.82) is 0 Å². The molecule has 6 heteroatoms. The molecule has 0 aliphatic carbocycles. The van der Waals surface area contributed by atoms with Crippen LogP contribution in [-0.4, -0.2) is 54.0 Å². The quantitative estimate of drug-likeness (QED) is 0.868. The van der Waals surface area contributed by atoms with Crippen molar-refractivity contribution in [2.45, 2.75) is 12.1 Å². The largest absolute Gasteiger partial charge is 0.478 e. The van der Waals surface area contributed by atoms with Gasteiger partial charge in [-0.15, -0.1) is 0 Å². The average molecular weight is 295 g/mol. The molecule has 2 rings (SSSR count). The fourth-order valence-electron chi connectivity index (χ4n) is 2.40. The molecule has 1 aromatic carbocycles. The second kappa shape index (κ2) is 5.41. The number of carboxylic acid groups (broad SMARTS) is 1. The molecule has 108 valence electrons. The van der Waals surface area contributed by atoms with Gasteiger partial charge in [0.05, 0.1) is 12.7 Å². The van der Waals surface area contributed by atoms with E-state index in [1.807, 2.05) is 0 Å². The lowest BCUT2D eigenvalue weighted by Crippen LogP contribution is -2.29. The van der Waals surface area contributed by atoms with Crippen LogP contribution in [0.25, 0.3) is 0 Å². The van der Waals surface area contributed by atoms with E-state index in [2.05, 4.69) is 0 Å². The standard InChI is InChI=1S/C14H18NO4P/c1-20(2,19)12-6-7-15(9-12)13(16)10-4-3-5-11(8-10)14(17)18/h3-5,8,12H,6-7,9H2,1-2H3,(H,17,18). The van der Waals surface area contributed by atoms with Crippen LogP contribution in [0.5, 0.6) is 0 Å². The van der Waals surface area contributed by atoms with Gasteiger partial charge in [-0.25, -0.2) is 4.79 Å². The maximum atomic E-state index is 12.3. The van der Waals surface area contributed by atoms with E-state index in [1.165, 1.54) is 12.1 Å². The van der Waals surface area contributed by atoms with Gasteiger partial charge in [-0.3, -0.25) is 4.79 Å². The van der Waals surface area contributed by atoms with Gasteiger partial charge >= 0.3 is 5.97 Å². The highest BCUT2D eigenvalue weighted by atomic mass is 31.2. The number of rotatable bonds is 3. The van der Waals surface area contributed by atoms with E-state index in [-0.39, 0.29) is 17.1 Å². The zero-order chi connectivity index (χ0) is 14.9. The summed E-state index contributed by atoms with van der Waals surface area (Å²) in [6.07, 6.45) is 0.745. The molecule has 1 atom stereocenters. The molecule has 1 saturated heterocycles. The fraction of sp³-hybridized carbons (Fsp3) is 0.429. The highest BCUT2D eigenvalue weighted by Gasteiger charge is 2.33. The number of amides is 1. The van der Waals surface area contributed by atoms with Crippen molar-refractivity contribution in [2.24, 2.45) is 0 Å². The molecule has 1 unspecified atom stereocenters. The first kappa shape index (κ1) is 14.8. The van der Waals surface area contributed by atoms with Crippen LogP contribution in [0.1, 0.15) is 27.1 Å². The van der Waals surface area contributed by atoms with Gasteiger partial charge in [-0.1, -0.05) is 6.07 Å². The van der Waals surface area contributed by atoms with Gasteiger partial charge in [0, 0.05) is 24.3 Å². The van der Waals surface area contributed by atoms with Crippen LogP contribution in [0, 0.1) is 0 Å². The van der Waals surface area contributed by atoms with Crippen molar-refractivity contribution in [3.8, 4) is 0 Å². The minimum atomic E-state index is -2.20. The summed E-state index contributed by atoms with van der Waals surface area (Å²) in [5, 5.41) is 8.94. The molecule has 1 heterocycles. The summed E-state index contributed by atoms with van der Waals surface area (Å²) in [6.45, 7) is 4.56. The Balaban J connectivity index is 2.15. The Kier molecular flexibility index (Phi) is 4.00. The molecule has 20 heavy (non-hydrogen) atoms. The van der Waals surface area contributed by atoms with Gasteiger partial charge in [0.2, 0.25) is 0 Å². The number of likely N-dealkylation sites (tertiary alicyclic amines) is 1. The normalized spacial score (nSPS) is 19.1. The monoisotopic (exact) mass is 295 g/mol. The van der Waals surface area contributed by atoms with Crippen LogP contribution in [0.15, 0.2) is 24.3 Å². The summed E-state index contributed by atoms with van der Waals surface area (Å²) in [5.74, 6) is -1.24. The highest BCUT2D eigenvalue weighted by Crippen LogP contribution is 2.46. The van der Waals surface area contributed by atoms with E-state index in [4.69, 9.17) is 5.11 Å². The molecule has 1 fully saturated rings. The summed E-state index contributed by atoms with van der Waals surface area (Å²) < 4.78 is 12.0. The molecule has 5 nitrogen and oxygen atoms in total. The van der Waals surface area contributed by atoms with Crippen molar-refractivity contribution in [3.63, 3.8) is 0 Å². The van der Waals surface area contributed by atoms with Crippen molar-refractivity contribution in [3.05, 3.63) is 35.4 Å². The lowest BCUT2D eigenvalue weighted by atomic mass is 10.1. The fourth-order valence-corrected chi connectivity index (χ4v) is 3.73. The topological polar surface area (TPSA) is 74.7 Å². The highest BCUT2D eigenvalue weighted by molar-refractivity contribution is 7.63. The van der Waals surface area contributed by atoms with E-state index in [0.717, 1.165) is 6.42 Å². The van der Waals surface area contributed by atoms with Crippen molar-refractivity contribution >= 4 is 19.0 Å². The van der Waals surface area contributed by atoms with E-state index >= 15 is 0 Å². The maximum Gasteiger partial charge on any atom is 0.335 e. The van der Waals surface area contributed by atoms with Crippen LogP contribution in [0.4, 0.5) is 0 Å². The van der Waals surface area contributed by atoms with Crippen molar-refractivity contribution in [2.75, 3.05) is 26.4 Å². The number of hydrogen-bond acceptors (Lipinski definition) is 3. The van der Waals surface area contributed by atoms with Gasteiger partial charge in [0.15, 0.2) is 0 Å². The minimum Gasteiger partial charge on any atom is -0.478 e. The molecule has 0 spiro atoms. The molecule has 1 aromatic rings. The lowest BCUT2D eigenvalue weighted by molar-refractivity contribution is 0.0697. The average Bonchev–Trinajstić information content (AvgIpc) is 2.87. The lowest BCUT2D eigenvalue weighted by Gasteiger charge is -2.18. The first-order chi connectivity index (χ1) is 9.29. The van der Waals surface area contributed by atoms with Crippen LogP contribution < -0.4 is 0 Å². The first-order valence-corrected chi connectivity index (χ1v) is 9.13. The van der Waals surface area contributed by atoms with E-state index in [0.29, 0.717) is 18.7 Å². The molecule has 0 radical (unpaired) electrons. The molecular weight excluding hydrogens is 277 g/mol. The second-order valence-electron chi connectivity index (χ2n) is 5.51. The second-order valence-corrected chi connectivity index (χ2v) is 9.11. The number of hydrogen-bond donors (Lipinski definition) is 1. The predicted molar refractivity (Wildman–Crippen MR) is 77.2 cm³/mol. The third-order valence-electron chi connectivity index (χ3n) is 3.69. The number of nitrogens with zero attached hydrogens (tertiary/aromatic N) is 1. The van der Waals surface area contributed by atoms with Crippen LogP contribution in [0.2, 0.25) is 0 Å². The molecule has 1 N–H and O–H groups in total. The number of aromatic carboxylic acids is 1. The Labute approximate surface area is 118 Å². The molecular formula is C14H18NO4P. The molecule has 0 saturated carbocycles. The SMILES string of the molecule is CP(C)(=O)C1CCN(C(=O)c2cccc(C(=O)O)c2)C1. The summed E-state index contributed by atoms with van der Waals surface area (Å²) >= 11 is 0. The first-order valence-electron chi connectivity index (χ1n) is 6.46. The van der Waals surface area contributed by atoms with Gasteiger partial charge in [-0.2, -0.15) is 0 Å². The van der Waals surface area contributed by atoms with E-state index < -0.39 is 13.1 Å². The van der Waals surface area contributed by atoms with Crippen molar-refractivity contribution in [1.82, 2.24) is 4.90 Å². The number of carbonyl (C=O) groups is 2. The predicted octanol–water partition coefficient (Wildman–Crippen LogP) is 2.22. The Morgan fingerprint density at radius 3 is 2.50 bits per heavy atom. The minimum absolute atomic E-state index is 0.0501. The smallest absolute Gasteiger partial charge is 0.335 e. The van der Waals surface area contributed by atoms with Crippen LogP contribution >= 0.6 is 7.14 Å². The molecule has 0 aromatic heterocycles. The maximum absolute atomic E-state index is 12.3. The molecule has 1 amide bonds. The number of carbonyl (C=O) groups excluding carboxylic acids is 1. The van der Waals surface area contributed by atoms with Crippen LogP contribution in [0.3, 0.4) is 0 Å². The van der Waals surface area contributed by atoms with Gasteiger partial charge in [-0.05, 0) is 37.9 Å². The molecule has 1 aliphatic heterocycles. The zero-order valence-corrected chi connectivity index (χ0v) is 12.5. The Morgan fingerprint density at radius 1 is 1.30 bits per heavy atom. The molecule has 0 bridgehead atoms. The van der Waals surface area contributed by atoms with E-state index in [9.17, 15) is 14.2 Å². The summed E-state index contributed by atoms with van der Waals surface area (Å²) in [6, 6.07) is 6.02. The zero-order valence-electron chi connectivity index (χ0n) is 11.6. The summed E-state index contributed by atoms with van der Waals surface area (Å²) in [4.78, 5) is 24.9. The van der Waals surface area contributed by atoms with Gasteiger partial charge in [0.1, 0.15) is 0 Å². The third kappa shape index (κ3) is 3.10. The molecule has 1 aliphatic rings. The summed E-state index contributed by atoms with van der Waals surface area (Å²) in [7, 11) is -2.20. The Hall–Kier alpha value is -1.61. The Morgan fingerprint density at radius 2 is 1.95 bits per heavy atom.